The molecule has 24 heavy (non-hydrogen) atoms. The van der Waals surface area contributed by atoms with E-state index in [4.69, 9.17) is 4.74 Å². The van der Waals surface area contributed by atoms with Crippen molar-refractivity contribution < 1.29 is 13.9 Å². The van der Waals surface area contributed by atoms with Gasteiger partial charge in [0.25, 0.3) is 0 Å². The van der Waals surface area contributed by atoms with Gasteiger partial charge in [0.15, 0.2) is 0 Å². The molecular weight excluding hydrogens is 311 g/mol. The number of aromatic amines is 1. The highest BCUT2D eigenvalue weighted by atomic mass is 19.1. The van der Waals surface area contributed by atoms with Crippen LogP contribution in [0.4, 0.5) is 14.9 Å². The zero-order chi connectivity index (χ0) is 17.7. The van der Waals surface area contributed by atoms with E-state index in [1.807, 2.05) is 0 Å². The second-order valence-electron chi connectivity index (χ2n) is 6.04. The minimum Gasteiger partial charge on any atom is -0.443 e. The van der Waals surface area contributed by atoms with Crippen LogP contribution in [0.3, 0.4) is 0 Å². The summed E-state index contributed by atoms with van der Waals surface area (Å²) in [5.74, 6) is 5.17. The number of rotatable bonds is 3. The molecule has 2 heterocycles. The molecule has 0 aliphatic carbocycles. The standard InChI is InChI=1S/C17H19FN4O2/c1-5-6-15(12-7-13(18)9-19-8-12)22(14-10-20-21-11-14)16(23)24-17(2,3)4/h7-11,15H,1-4H3,(H,20,21). The van der Waals surface area contributed by atoms with Crippen molar-refractivity contribution in [1.29, 1.82) is 0 Å². The fraction of sp³-hybridized carbons (Fsp3) is 0.353. The first-order chi connectivity index (χ1) is 11.3. The molecule has 2 aromatic rings. The van der Waals surface area contributed by atoms with Crippen LogP contribution in [0.5, 0.6) is 0 Å². The molecule has 2 rings (SSSR count). The molecule has 0 spiro atoms. The van der Waals surface area contributed by atoms with Crippen LogP contribution in [-0.4, -0.2) is 26.9 Å². The summed E-state index contributed by atoms with van der Waals surface area (Å²) in [6, 6.07) is 0.532. The summed E-state index contributed by atoms with van der Waals surface area (Å²) >= 11 is 0. The summed E-state index contributed by atoms with van der Waals surface area (Å²) in [4.78, 5) is 17.9. The lowest BCUT2D eigenvalue weighted by atomic mass is 10.1. The van der Waals surface area contributed by atoms with Gasteiger partial charge in [0.1, 0.15) is 17.5 Å². The number of nitrogens with zero attached hydrogens (tertiary/aromatic N) is 3. The number of pyridine rings is 1. The fourth-order valence-electron chi connectivity index (χ4n) is 2.06. The lowest BCUT2D eigenvalue weighted by molar-refractivity contribution is 0.0572. The number of carbonyl (C=O) groups excluding carboxylic acids is 1. The van der Waals surface area contributed by atoms with Crippen LogP contribution in [0.15, 0.2) is 30.9 Å². The van der Waals surface area contributed by atoms with E-state index in [1.165, 1.54) is 23.4 Å². The number of hydrogen-bond acceptors (Lipinski definition) is 4. The summed E-state index contributed by atoms with van der Waals surface area (Å²) in [5, 5.41) is 6.51. The molecule has 6 nitrogen and oxygen atoms in total. The van der Waals surface area contributed by atoms with E-state index in [1.54, 1.807) is 33.9 Å². The first-order valence-corrected chi connectivity index (χ1v) is 7.35. The molecule has 2 aromatic heterocycles. The van der Waals surface area contributed by atoms with Gasteiger partial charge in [0.05, 0.1) is 18.1 Å². The zero-order valence-electron chi connectivity index (χ0n) is 14.0. The molecule has 0 bridgehead atoms. The number of carbonyl (C=O) groups is 1. The molecule has 1 N–H and O–H groups in total. The Morgan fingerprint density at radius 2 is 2.12 bits per heavy atom. The Kier molecular flexibility index (Phi) is 5.19. The lowest BCUT2D eigenvalue weighted by Crippen LogP contribution is -2.39. The molecule has 1 unspecified atom stereocenters. The van der Waals surface area contributed by atoms with Crippen molar-refractivity contribution in [2.45, 2.75) is 39.3 Å². The van der Waals surface area contributed by atoms with Gasteiger partial charge in [0, 0.05) is 18.0 Å². The maximum absolute atomic E-state index is 13.6. The Bertz CT molecular complexity index is 757. The number of halogens is 1. The highest BCUT2D eigenvalue weighted by Gasteiger charge is 2.31. The van der Waals surface area contributed by atoms with Crippen LogP contribution in [0, 0.1) is 17.7 Å². The number of ether oxygens (including phenoxy) is 1. The van der Waals surface area contributed by atoms with Gasteiger partial charge in [-0.1, -0.05) is 5.92 Å². The Balaban J connectivity index is 2.49. The van der Waals surface area contributed by atoms with Gasteiger partial charge in [-0.2, -0.15) is 5.10 Å². The van der Waals surface area contributed by atoms with Crippen molar-refractivity contribution in [2.24, 2.45) is 0 Å². The number of anilines is 1. The van der Waals surface area contributed by atoms with Crippen LogP contribution in [0.1, 0.15) is 39.3 Å². The predicted octanol–water partition coefficient (Wildman–Crippen LogP) is 3.45. The average Bonchev–Trinajstić information content (AvgIpc) is 2.99. The van der Waals surface area contributed by atoms with E-state index in [9.17, 15) is 9.18 Å². The molecule has 1 atom stereocenters. The monoisotopic (exact) mass is 330 g/mol. The third-order valence-electron chi connectivity index (χ3n) is 2.93. The molecule has 0 radical (unpaired) electrons. The summed E-state index contributed by atoms with van der Waals surface area (Å²) < 4.78 is 19.0. The quantitative estimate of drug-likeness (QED) is 0.875. The molecule has 7 heteroatoms. The Morgan fingerprint density at radius 1 is 1.38 bits per heavy atom. The van der Waals surface area contributed by atoms with E-state index in [0.29, 0.717) is 11.3 Å². The molecule has 0 aliphatic rings. The molecule has 0 saturated heterocycles. The Labute approximate surface area is 140 Å². The highest BCUT2D eigenvalue weighted by molar-refractivity contribution is 5.89. The first kappa shape index (κ1) is 17.5. The van der Waals surface area contributed by atoms with Crippen LogP contribution in [-0.2, 0) is 4.74 Å². The normalized spacial score (nSPS) is 12.0. The fourth-order valence-corrected chi connectivity index (χ4v) is 2.06. The van der Waals surface area contributed by atoms with Gasteiger partial charge in [-0.15, -0.1) is 5.92 Å². The van der Waals surface area contributed by atoms with Crippen LogP contribution in [0.25, 0.3) is 0 Å². The largest absolute Gasteiger partial charge is 0.443 e. The van der Waals surface area contributed by atoms with Gasteiger partial charge in [-0.25, -0.2) is 9.18 Å². The third-order valence-corrected chi connectivity index (χ3v) is 2.93. The summed E-state index contributed by atoms with van der Waals surface area (Å²) in [5.41, 5.74) is 0.210. The number of nitrogens with one attached hydrogen (secondary N) is 1. The second kappa shape index (κ2) is 7.13. The van der Waals surface area contributed by atoms with Gasteiger partial charge in [-0.05, 0) is 33.8 Å². The third kappa shape index (κ3) is 4.32. The van der Waals surface area contributed by atoms with Crippen LogP contribution >= 0.6 is 0 Å². The van der Waals surface area contributed by atoms with Crippen LogP contribution < -0.4 is 4.90 Å². The molecule has 0 aliphatic heterocycles. The molecule has 1 amide bonds. The predicted molar refractivity (Wildman–Crippen MR) is 87.7 cm³/mol. The molecular formula is C17H19FN4O2. The van der Waals surface area contributed by atoms with E-state index in [-0.39, 0.29) is 0 Å². The van der Waals surface area contributed by atoms with E-state index >= 15 is 0 Å². The van der Waals surface area contributed by atoms with Crippen molar-refractivity contribution in [3.63, 3.8) is 0 Å². The van der Waals surface area contributed by atoms with Crippen molar-refractivity contribution in [1.82, 2.24) is 15.2 Å². The smallest absolute Gasteiger partial charge is 0.416 e. The highest BCUT2D eigenvalue weighted by Crippen LogP contribution is 2.28. The van der Waals surface area contributed by atoms with E-state index in [0.717, 1.165) is 6.20 Å². The molecule has 0 aromatic carbocycles. The maximum atomic E-state index is 13.6. The topological polar surface area (TPSA) is 71.1 Å². The number of amides is 1. The molecule has 0 fully saturated rings. The van der Waals surface area contributed by atoms with E-state index < -0.39 is 23.6 Å². The lowest BCUT2D eigenvalue weighted by Gasteiger charge is -2.30. The SMILES string of the molecule is CC#CC(c1cncc(F)c1)N(C(=O)OC(C)(C)C)c1cn[nH]c1. The summed E-state index contributed by atoms with van der Waals surface area (Å²) in [7, 11) is 0. The van der Waals surface area contributed by atoms with Crippen molar-refractivity contribution in [2.75, 3.05) is 4.90 Å². The van der Waals surface area contributed by atoms with Gasteiger partial charge in [-0.3, -0.25) is 15.0 Å². The van der Waals surface area contributed by atoms with Gasteiger partial charge < -0.3 is 4.74 Å². The Morgan fingerprint density at radius 3 is 2.67 bits per heavy atom. The van der Waals surface area contributed by atoms with Crippen molar-refractivity contribution in [3.8, 4) is 11.8 Å². The van der Waals surface area contributed by atoms with E-state index in [2.05, 4.69) is 27.0 Å². The minimum atomic E-state index is -0.759. The Hall–Kier alpha value is -2.88. The van der Waals surface area contributed by atoms with Crippen molar-refractivity contribution >= 4 is 11.8 Å². The average molecular weight is 330 g/mol. The summed E-state index contributed by atoms with van der Waals surface area (Å²) in [6.45, 7) is 6.94. The number of aromatic nitrogens is 3. The van der Waals surface area contributed by atoms with Gasteiger partial charge >= 0.3 is 6.09 Å². The van der Waals surface area contributed by atoms with Crippen LogP contribution in [0.2, 0.25) is 0 Å². The van der Waals surface area contributed by atoms with Crippen molar-refractivity contribution in [3.05, 3.63) is 42.2 Å². The maximum Gasteiger partial charge on any atom is 0.416 e. The number of H-pyrrole nitrogens is 1. The first-order valence-electron chi connectivity index (χ1n) is 7.35. The van der Waals surface area contributed by atoms with Gasteiger partial charge in [0.2, 0.25) is 0 Å². The zero-order valence-corrected chi connectivity index (χ0v) is 14.0. The minimum absolute atomic E-state index is 0.441. The molecule has 0 saturated carbocycles. The summed E-state index contributed by atoms with van der Waals surface area (Å²) in [6.07, 6.45) is 4.97. The second-order valence-corrected chi connectivity index (χ2v) is 6.04. The number of hydrogen-bond donors (Lipinski definition) is 1. The molecule has 126 valence electrons.